The molecule has 2 atom stereocenters. The van der Waals surface area contributed by atoms with Crippen LogP contribution in [0.3, 0.4) is 0 Å². The third kappa shape index (κ3) is 2.75. The SMILES string of the molecule is C[C@@H](O)CP(=O)(c1ccccc1)C(C)(C)C. The summed E-state index contributed by atoms with van der Waals surface area (Å²) in [6.45, 7) is 7.62. The predicted molar refractivity (Wildman–Crippen MR) is 70.0 cm³/mol. The van der Waals surface area contributed by atoms with Crippen LogP contribution in [0.15, 0.2) is 30.3 Å². The monoisotopic (exact) mass is 240 g/mol. The van der Waals surface area contributed by atoms with Crippen LogP contribution in [-0.4, -0.2) is 22.5 Å². The van der Waals surface area contributed by atoms with Crippen molar-refractivity contribution in [1.29, 1.82) is 0 Å². The summed E-state index contributed by atoms with van der Waals surface area (Å²) in [5, 5.41) is 10.1. The number of hydrogen-bond acceptors (Lipinski definition) is 2. The molecule has 0 radical (unpaired) electrons. The Balaban J connectivity index is 3.22. The molecule has 16 heavy (non-hydrogen) atoms. The van der Waals surface area contributed by atoms with E-state index in [0.29, 0.717) is 6.16 Å². The summed E-state index contributed by atoms with van der Waals surface area (Å²) in [6, 6.07) is 9.51. The quantitative estimate of drug-likeness (QED) is 0.825. The van der Waals surface area contributed by atoms with Crippen molar-refractivity contribution in [2.45, 2.75) is 39.0 Å². The van der Waals surface area contributed by atoms with Gasteiger partial charge in [-0.2, -0.15) is 0 Å². The van der Waals surface area contributed by atoms with Gasteiger partial charge in [0.1, 0.15) is 7.14 Å². The molecule has 1 rings (SSSR count). The third-order valence-corrected chi connectivity index (χ3v) is 7.12. The Morgan fingerprint density at radius 1 is 1.25 bits per heavy atom. The normalized spacial score (nSPS) is 17.8. The zero-order chi connectivity index (χ0) is 12.4. The first kappa shape index (κ1) is 13.5. The number of hydrogen-bond donors (Lipinski definition) is 1. The van der Waals surface area contributed by atoms with E-state index in [1.54, 1.807) is 6.92 Å². The molecule has 0 amide bonds. The highest BCUT2D eigenvalue weighted by Crippen LogP contribution is 2.56. The molecule has 0 spiro atoms. The summed E-state index contributed by atoms with van der Waals surface area (Å²) in [4.78, 5) is 0. The molecular formula is C13H21O2P. The van der Waals surface area contributed by atoms with E-state index in [0.717, 1.165) is 5.30 Å². The molecule has 0 aromatic heterocycles. The summed E-state index contributed by atoms with van der Waals surface area (Å²) in [7, 11) is -2.56. The smallest absolute Gasteiger partial charge is 0.123 e. The third-order valence-electron chi connectivity index (χ3n) is 2.78. The van der Waals surface area contributed by atoms with Gasteiger partial charge in [-0.15, -0.1) is 0 Å². The largest absolute Gasteiger partial charge is 0.393 e. The molecule has 1 N–H and O–H groups in total. The fraction of sp³-hybridized carbons (Fsp3) is 0.538. The minimum Gasteiger partial charge on any atom is -0.393 e. The molecule has 0 bridgehead atoms. The van der Waals surface area contributed by atoms with Gasteiger partial charge in [-0.25, -0.2) is 0 Å². The van der Waals surface area contributed by atoms with E-state index in [-0.39, 0.29) is 5.16 Å². The van der Waals surface area contributed by atoms with Crippen molar-refractivity contribution in [1.82, 2.24) is 0 Å². The molecular weight excluding hydrogens is 219 g/mol. The van der Waals surface area contributed by atoms with E-state index in [2.05, 4.69) is 0 Å². The van der Waals surface area contributed by atoms with Crippen LogP contribution in [0.5, 0.6) is 0 Å². The molecule has 0 saturated heterocycles. The Morgan fingerprint density at radius 2 is 1.75 bits per heavy atom. The maximum absolute atomic E-state index is 13.1. The van der Waals surface area contributed by atoms with Crippen molar-refractivity contribution >= 4 is 12.4 Å². The van der Waals surface area contributed by atoms with Crippen LogP contribution in [-0.2, 0) is 4.57 Å². The molecule has 0 aliphatic heterocycles. The Kier molecular flexibility index (Phi) is 3.98. The van der Waals surface area contributed by atoms with Crippen molar-refractivity contribution < 1.29 is 9.67 Å². The van der Waals surface area contributed by atoms with Crippen molar-refractivity contribution in [3.8, 4) is 0 Å². The molecule has 0 fully saturated rings. The van der Waals surface area contributed by atoms with E-state index in [4.69, 9.17) is 0 Å². The lowest BCUT2D eigenvalue weighted by Crippen LogP contribution is -2.28. The van der Waals surface area contributed by atoms with Crippen molar-refractivity contribution in [3.63, 3.8) is 0 Å². The highest BCUT2D eigenvalue weighted by Gasteiger charge is 2.38. The molecule has 2 nitrogen and oxygen atoms in total. The van der Waals surface area contributed by atoms with Gasteiger partial charge in [0.05, 0.1) is 6.10 Å². The minimum absolute atomic E-state index is 0.314. The first-order valence-electron chi connectivity index (χ1n) is 5.60. The molecule has 3 heteroatoms. The zero-order valence-corrected chi connectivity index (χ0v) is 11.4. The molecule has 0 heterocycles. The van der Waals surface area contributed by atoms with Gasteiger partial charge in [-0.3, -0.25) is 0 Å². The standard InChI is InChI=1S/C13H21O2P/c1-11(14)10-16(15,13(2,3)4)12-8-6-5-7-9-12/h5-9,11,14H,10H2,1-4H3/t11-,16?/m1/s1. The fourth-order valence-electron chi connectivity index (χ4n) is 1.81. The van der Waals surface area contributed by atoms with E-state index in [1.807, 2.05) is 51.1 Å². The lowest BCUT2D eigenvalue weighted by Gasteiger charge is -2.32. The molecule has 1 aromatic carbocycles. The maximum Gasteiger partial charge on any atom is 0.123 e. The van der Waals surface area contributed by atoms with Crippen molar-refractivity contribution in [2.24, 2.45) is 0 Å². The summed E-state index contributed by atoms with van der Waals surface area (Å²) in [6.07, 6.45) is -0.189. The summed E-state index contributed by atoms with van der Waals surface area (Å²) in [5.74, 6) is 0. The van der Waals surface area contributed by atoms with Crippen molar-refractivity contribution in [3.05, 3.63) is 30.3 Å². The van der Waals surface area contributed by atoms with E-state index in [1.165, 1.54) is 0 Å². The van der Waals surface area contributed by atoms with Gasteiger partial charge < -0.3 is 9.67 Å². The topological polar surface area (TPSA) is 37.3 Å². The van der Waals surface area contributed by atoms with Gasteiger partial charge in [0.15, 0.2) is 0 Å². The van der Waals surface area contributed by atoms with Crippen molar-refractivity contribution in [2.75, 3.05) is 6.16 Å². The van der Waals surface area contributed by atoms with Gasteiger partial charge in [0.25, 0.3) is 0 Å². The van der Waals surface area contributed by atoms with Gasteiger partial charge in [0.2, 0.25) is 0 Å². The van der Waals surface area contributed by atoms with E-state index < -0.39 is 13.2 Å². The Hall–Kier alpha value is -0.590. The van der Waals surface area contributed by atoms with Crippen LogP contribution in [0.1, 0.15) is 27.7 Å². The second-order valence-corrected chi connectivity index (χ2v) is 8.98. The number of aliphatic hydroxyl groups is 1. The molecule has 90 valence electrons. The second-order valence-electron chi connectivity index (χ2n) is 5.28. The predicted octanol–water partition coefficient (Wildman–Crippen LogP) is 2.85. The molecule has 0 aliphatic rings. The van der Waals surface area contributed by atoms with Gasteiger partial charge in [-0.05, 0) is 6.92 Å². The van der Waals surface area contributed by atoms with E-state index in [9.17, 15) is 9.67 Å². The summed E-state index contributed by atoms with van der Waals surface area (Å²) < 4.78 is 13.1. The van der Waals surface area contributed by atoms with Crippen LogP contribution in [0.2, 0.25) is 0 Å². The zero-order valence-electron chi connectivity index (χ0n) is 10.5. The molecule has 1 aromatic rings. The molecule has 0 saturated carbocycles. The number of benzene rings is 1. The van der Waals surface area contributed by atoms with Crippen LogP contribution in [0.25, 0.3) is 0 Å². The second kappa shape index (κ2) is 4.73. The summed E-state index contributed by atoms with van der Waals surface area (Å²) in [5.41, 5.74) is 0. The average molecular weight is 240 g/mol. The lowest BCUT2D eigenvalue weighted by molar-refractivity contribution is 0.217. The highest BCUT2D eigenvalue weighted by molar-refractivity contribution is 7.73. The highest BCUT2D eigenvalue weighted by atomic mass is 31.2. The minimum atomic E-state index is -2.56. The number of aliphatic hydroxyl groups excluding tert-OH is 1. The van der Waals surface area contributed by atoms with Crippen LogP contribution in [0.4, 0.5) is 0 Å². The maximum atomic E-state index is 13.1. The summed E-state index contributed by atoms with van der Waals surface area (Å²) >= 11 is 0. The Bertz CT molecular complexity index is 377. The Morgan fingerprint density at radius 3 is 2.12 bits per heavy atom. The average Bonchev–Trinajstić information content (AvgIpc) is 2.16. The first-order valence-corrected chi connectivity index (χ1v) is 7.49. The fourth-order valence-corrected chi connectivity index (χ4v) is 4.74. The number of rotatable bonds is 3. The van der Waals surface area contributed by atoms with E-state index >= 15 is 0 Å². The molecule has 1 unspecified atom stereocenters. The van der Waals surface area contributed by atoms with Gasteiger partial charge in [-0.1, -0.05) is 51.1 Å². The first-order chi connectivity index (χ1) is 7.27. The van der Waals surface area contributed by atoms with Crippen LogP contribution >= 0.6 is 7.14 Å². The molecule has 0 aliphatic carbocycles. The van der Waals surface area contributed by atoms with Crippen LogP contribution in [0, 0.1) is 0 Å². The van der Waals surface area contributed by atoms with Crippen LogP contribution < -0.4 is 5.30 Å². The van der Waals surface area contributed by atoms with Gasteiger partial charge in [0, 0.05) is 16.6 Å². The van der Waals surface area contributed by atoms with Gasteiger partial charge >= 0.3 is 0 Å². The Labute approximate surface area is 98.1 Å². The lowest BCUT2D eigenvalue weighted by atomic mass is 10.3.